The van der Waals surface area contributed by atoms with Crippen molar-refractivity contribution in [2.45, 2.75) is 32.1 Å². The molecule has 0 aliphatic carbocycles. The highest BCUT2D eigenvalue weighted by Crippen LogP contribution is 2.16. The van der Waals surface area contributed by atoms with Gasteiger partial charge in [0.15, 0.2) is 0 Å². The zero-order valence-electron chi connectivity index (χ0n) is 11.5. The first kappa shape index (κ1) is 16.4. The summed E-state index contributed by atoms with van der Waals surface area (Å²) < 4.78 is 32.9. The van der Waals surface area contributed by atoms with Crippen LogP contribution in [-0.2, 0) is 14.9 Å². The smallest absolute Gasteiger partial charge is 0.282 e. The number of hydrogen-bond acceptors (Lipinski definition) is 4. The van der Waals surface area contributed by atoms with Gasteiger partial charge in [-0.25, -0.2) is 0 Å². The van der Waals surface area contributed by atoms with E-state index in [1.165, 1.54) is 4.31 Å². The van der Waals surface area contributed by atoms with Crippen LogP contribution >= 0.6 is 0 Å². The monoisotopic (exact) mass is 289 g/mol. The molecular weight excluding hydrogens is 266 g/mol. The van der Waals surface area contributed by atoms with Crippen molar-refractivity contribution >= 4 is 10.2 Å². The summed E-state index contributed by atoms with van der Waals surface area (Å²) in [4.78, 5) is 0. The third-order valence-electron chi connectivity index (χ3n) is 3.24. The number of hydrogen-bond donors (Lipinski definition) is 0. The molecule has 1 aliphatic rings. The summed E-state index contributed by atoms with van der Waals surface area (Å²) in [5, 5.41) is 8.65. The Balaban J connectivity index is 2.74. The van der Waals surface area contributed by atoms with Crippen LogP contribution in [0.15, 0.2) is 0 Å². The van der Waals surface area contributed by atoms with Crippen molar-refractivity contribution < 1.29 is 13.2 Å². The molecule has 0 radical (unpaired) electrons. The molecule has 6 nitrogen and oxygen atoms in total. The first-order chi connectivity index (χ1) is 9.12. The Bertz CT molecular complexity index is 384. The van der Waals surface area contributed by atoms with Gasteiger partial charge in [-0.3, -0.25) is 0 Å². The van der Waals surface area contributed by atoms with Crippen LogP contribution in [-0.4, -0.2) is 56.9 Å². The van der Waals surface area contributed by atoms with Crippen LogP contribution in [0.1, 0.15) is 32.1 Å². The Hall–Kier alpha value is -0.680. The van der Waals surface area contributed by atoms with Crippen LogP contribution in [0, 0.1) is 11.3 Å². The second-order valence-corrected chi connectivity index (χ2v) is 6.55. The Morgan fingerprint density at radius 1 is 1.21 bits per heavy atom. The molecule has 0 atom stereocenters. The highest BCUT2D eigenvalue weighted by Gasteiger charge is 2.29. The van der Waals surface area contributed by atoms with Gasteiger partial charge in [0.05, 0.1) is 12.7 Å². The molecule has 0 aromatic rings. The Kier molecular flexibility index (Phi) is 7.31. The molecule has 0 aromatic carbocycles. The topological polar surface area (TPSA) is 73.6 Å². The highest BCUT2D eigenvalue weighted by molar-refractivity contribution is 7.86. The summed E-state index contributed by atoms with van der Waals surface area (Å²) in [7, 11) is -1.91. The second kappa shape index (κ2) is 8.48. The van der Waals surface area contributed by atoms with Crippen LogP contribution in [0.3, 0.4) is 0 Å². The summed E-state index contributed by atoms with van der Waals surface area (Å²) in [6.07, 6.45) is 4.20. The average Bonchev–Trinajstić information content (AvgIpc) is 2.68. The summed E-state index contributed by atoms with van der Waals surface area (Å²) in [5.41, 5.74) is 0. The minimum Gasteiger partial charge on any atom is -0.383 e. The molecule has 0 unspecified atom stereocenters. The quantitative estimate of drug-likeness (QED) is 0.700. The predicted octanol–water partition coefficient (Wildman–Crippen LogP) is 0.969. The van der Waals surface area contributed by atoms with Crippen LogP contribution < -0.4 is 0 Å². The Morgan fingerprint density at radius 2 is 1.84 bits per heavy atom. The maximum absolute atomic E-state index is 12.5. The van der Waals surface area contributed by atoms with E-state index in [-0.39, 0.29) is 13.0 Å². The molecule has 1 heterocycles. The highest BCUT2D eigenvalue weighted by atomic mass is 32.2. The molecule has 7 heteroatoms. The average molecular weight is 289 g/mol. The van der Waals surface area contributed by atoms with Crippen molar-refractivity contribution in [3.05, 3.63) is 0 Å². The van der Waals surface area contributed by atoms with Crippen LogP contribution in [0.5, 0.6) is 0 Å². The van der Waals surface area contributed by atoms with Gasteiger partial charge in [0.2, 0.25) is 0 Å². The largest absolute Gasteiger partial charge is 0.383 e. The minimum absolute atomic E-state index is 0.205. The molecule has 0 N–H and O–H groups in total. The van der Waals surface area contributed by atoms with Crippen molar-refractivity contribution in [2.24, 2.45) is 0 Å². The van der Waals surface area contributed by atoms with Crippen molar-refractivity contribution in [3.8, 4) is 6.07 Å². The van der Waals surface area contributed by atoms with Crippen molar-refractivity contribution in [3.63, 3.8) is 0 Å². The first-order valence-electron chi connectivity index (χ1n) is 6.74. The molecule has 0 amide bonds. The summed E-state index contributed by atoms with van der Waals surface area (Å²) in [6, 6.07) is 2.00. The molecule has 0 bridgehead atoms. The van der Waals surface area contributed by atoms with Crippen LogP contribution in [0.25, 0.3) is 0 Å². The fourth-order valence-electron chi connectivity index (χ4n) is 2.15. The molecule has 19 heavy (non-hydrogen) atoms. The van der Waals surface area contributed by atoms with Gasteiger partial charge >= 0.3 is 0 Å². The molecule has 0 spiro atoms. The van der Waals surface area contributed by atoms with Gasteiger partial charge in [-0.05, 0) is 12.8 Å². The third kappa shape index (κ3) is 5.07. The lowest BCUT2D eigenvalue weighted by atomic mass is 10.2. The summed E-state index contributed by atoms with van der Waals surface area (Å²) in [5.74, 6) is 0. The summed E-state index contributed by atoms with van der Waals surface area (Å²) >= 11 is 0. The van der Waals surface area contributed by atoms with Crippen molar-refractivity contribution in [2.75, 3.05) is 39.9 Å². The second-order valence-electron chi connectivity index (χ2n) is 4.62. The SMILES string of the molecule is COCCN(CCC#N)S(=O)(=O)N1CCCCCC1. The van der Waals surface area contributed by atoms with E-state index in [1.807, 2.05) is 6.07 Å². The fraction of sp³-hybridized carbons (Fsp3) is 0.917. The van der Waals surface area contributed by atoms with E-state index in [9.17, 15) is 8.42 Å². The number of nitrogens with zero attached hydrogens (tertiary/aromatic N) is 3. The Morgan fingerprint density at radius 3 is 2.37 bits per heavy atom. The summed E-state index contributed by atoms with van der Waals surface area (Å²) in [6.45, 7) is 2.05. The molecular formula is C12H23N3O3S. The first-order valence-corrected chi connectivity index (χ1v) is 8.13. The number of rotatable bonds is 7. The number of methoxy groups -OCH3 is 1. The van der Waals surface area contributed by atoms with Gasteiger partial charge in [-0.15, -0.1) is 0 Å². The molecule has 0 aromatic heterocycles. The lowest BCUT2D eigenvalue weighted by Gasteiger charge is -2.28. The van der Waals surface area contributed by atoms with E-state index < -0.39 is 10.2 Å². The molecule has 1 fully saturated rings. The van der Waals surface area contributed by atoms with Crippen molar-refractivity contribution in [1.82, 2.24) is 8.61 Å². The van der Waals surface area contributed by atoms with Crippen LogP contribution in [0.4, 0.5) is 0 Å². The zero-order chi connectivity index (χ0) is 14.1. The van der Waals surface area contributed by atoms with E-state index in [0.29, 0.717) is 26.2 Å². The van der Waals surface area contributed by atoms with Crippen LogP contribution in [0.2, 0.25) is 0 Å². The van der Waals surface area contributed by atoms with Gasteiger partial charge in [0, 0.05) is 39.7 Å². The maximum atomic E-state index is 12.5. The van der Waals surface area contributed by atoms with E-state index >= 15 is 0 Å². The van der Waals surface area contributed by atoms with E-state index in [4.69, 9.17) is 10.00 Å². The van der Waals surface area contributed by atoms with Gasteiger partial charge in [0.1, 0.15) is 0 Å². The predicted molar refractivity (Wildman–Crippen MR) is 72.6 cm³/mol. The standard InChI is InChI=1S/C12H23N3O3S/c1-18-12-11-15(10-6-7-13)19(16,17)14-8-4-2-3-5-9-14/h2-6,8-12H2,1H3. The fourth-order valence-corrected chi connectivity index (χ4v) is 3.82. The maximum Gasteiger partial charge on any atom is 0.282 e. The minimum atomic E-state index is -3.46. The van der Waals surface area contributed by atoms with Gasteiger partial charge < -0.3 is 4.74 Å². The Labute approximate surface area is 116 Å². The molecule has 1 aliphatic heterocycles. The lowest BCUT2D eigenvalue weighted by Crippen LogP contribution is -2.45. The molecule has 1 saturated heterocycles. The molecule has 0 saturated carbocycles. The molecule has 110 valence electrons. The number of nitriles is 1. The van der Waals surface area contributed by atoms with E-state index in [1.54, 1.807) is 11.4 Å². The van der Waals surface area contributed by atoms with Gasteiger partial charge in [0.25, 0.3) is 10.2 Å². The van der Waals surface area contributed by atoms with E-state index in [2.05, 4.69) is 0 Å². The number of ether oxygens (including phenoxy) is 1. The molecule has 1 rings (SSSR count). The normalized spacial score (nSPS) is 18.2. The van der Waals surface area contributed by atoms with E-state index in [0.717, 1.165) is 25.7 Å². The van der Waals surface area contributed by atoms with Gasteiger partial charge in [-0.2, -0.15) is 22.3 Å². The lowest BCUT2D eigenvalue weighted by molar-refractivity contribution is 0.176. The third-order valence-corrected chi connectivity index (χ3v) is 5.27. The van der Waals surface area contributed by atoms with Gasteiger partial charge in [-0.1, -0.05) is 12.8 Å². The zero-order valence-corrected chi connectivity index (χ0v) is 12.4. The van der Waals surface area contributed by atoms with Crippen molar-refractivity contribution in [1.29, 1.82) is 5.26 Å².